The molecule has 186 valence electrons. The van der Waals surface area contributed by atoms with Crippen LogP contribution >= 0.6 is 11.6 Å². The molecule has 0 amide bonds. The molecule has 1 fully saturated rings. The number of benzene rings is 1. The van der Waals surface area contributed by atoms with E-state index in [1.807, 2.05) is 6.07 Å². The highest BCUT2D eigenvalue weighted by Gasteiger charge is 2.54. The monoisotopic (exact) mass is 503 g/mol. The number of ether oxygens (including phenoxy) is 2. The normalized spacial score (nSPS) is 24.7. The molecule has 0 radical (unpaired) electrons. The Hall–Kier alpha value is -2.96. The standard InChI is InChI=1S/C23H26ClN5O6/c1-12(30)23(13(2)31,9-14-7-5-4-6-8-14)34-10-15-22(3,33)17(32)20(35-15)29-11-26-16-18(25)27-21(24)28-19(16)29/h4-8,11,15,17,20,32-33H,9-10H2,1-3H3,(H2,25,27,28)/t15-,17+,20-,22-/m1/s1. The van der Waals surface area contributed by atoms with E-state index in [0.717, 1.165) is 5.56 Å². The fraction of sp³-hybridized carbons (Fsp3) is 0.435. The van der Waals surface area contributed by atoms with Gasteiger partial charge in [-0.1, -0.05) is 30.3 Å². The number of carbonyl (C=O) groups excluding carboxylic acids is 2. The van der Waals surface area contributed by atoms with Crippen molar-refractivity contribution in [2.75, 3.05) is 12.3 Å². The van der Waals surface area contributed by atoms with Crippen molar-refractivity contribution in [3.63, 3.8) is 0 Å². The zero-order valence-electron chi connectivity index (χ0n) is 19.4. The molecule has 1 aliphatic heterocycles. The Morgan fingerprint density at radius 1 is 1.26 bits per heavy atom. The summed E-state index contributed by atoms with van der Waals surface area (Å²) in [6.07, 6.45) is -2.33. The van der Waals surface area contributed by atoms with Crippen LogP contribution in [0, 0.1) is 0 Å². The number of aliphatic hydroxyl groups excluding tert-OH is 1. The van der Waals surface area contributed by atoms with E-state index < -0.39 is 41.2 Å². The number of imidazole rings is 1. The lowest BCUT2D eigenvalue weighted by Gasteiger charge is -2.32. The van der Waals surface area contributed by atoms with Crippen molar-refractivity contribution in [2.45, 2.75) is 56.8 Å². The number of ketones is 2. The molecule has 0 aliphatic carbocycles. The Balaban J connectivity index is 1.62. The Morgan fingerprint density at radius 2 is 1.91 bits per heavy atom. The zero-order valence-corrected chi connectivity index (χ0v) is 20.1. The molecule has 0 spiro atoms. The summed E-state index contributed by atoms with van der Waals surface area (Å²) >= 11 is 5.93. The first-order valence-corrected chi connectivity index (χ1v) is 11.3. The lowest BCUT2D eigenvalue weighted by atomic mass is 9.86. The number of hydrogen-bond donors (Lipinski definition) is 3. The Morgan fingerprint density at radius 3 is 2.54 bits per heavy atom. The van der Waals surface area contributed by atoms with E-state index in [2.05, 4.69) is 15.0 Å². The quantitative estimate of drug-likeness (QED) is 0.301. The Bertz CT molecular complexity index is 1250. The van der Waals surface area contributed by atoms with Gasteiger partial charge in [-0.25, -0.2) is 4.98 Å². The summed E-state index contributed by atoms with van der Waals surface area (Å²) in [6.45, 7) is 3.58. The number of halogens is 1. The van der Waals surface area contributed by atoms with Gasteiger partial charge in [0.05, 0.1) is 12.9 Å². The van der Waals surface area contributed by atoms with Crippen LogP contribution < -0.4 is 5.73 Å². The third kappa shape index (κ3) is 4.41. The van der Waals surface area contributed by atoms with E-state index >= 15 is 0 Å². The third-order valence-electron chi connectivity index (χ3n) is 6.43. The molecule has 0 unspecified atom stereocenters. The number of anilines is 1. The molecule has 3 aromatic rings. The number of hydrogen-bond acceptors (Lipinski definition) is 10. The van der Waals surface area contributed by atoms with Crippen molar-refractivity contribution in [1.82, 2.24) is 19.5 Å². The fourth-order valence-corrected chi connectivity index (χ4v) is 4.41. The molecule has 0 bridgehead atoms. The predicted octanol–water partition coefficient (Wildman–Crippen LogP) is 1.25. The van der Waals surface area contributed by atoms with Crippen LogP contribution in [0.5, 0.6) is 0 Å². The van der Waals surface area contributed by atoms with E-state index in [-0.39, 0.29) is 35.3 Å². The number of aliphatic hydroxyl groups is 2. The average Bonchev–Trinajstić information content (AvgIpc) is 3.30. The maximum atomic E-state index is 12.7. The minimum absolute atomic E-state index is 0.0141. The van der Waals surface area contributed by atoms with Crippen LogP contribution in [-0.2, 0) is 25.5 Å². The van der Waals surface area contributed by atoms with Gasteiger partial charge in [0.15, 0.2) is 34.9 Å². The summed E-state index contributed by atoms with van der Waals surface area (Å²) in [4.78, 5) is 37.4. The molecule has 4 rings (SSSR count). The molecular formula is C23H26ClN5O6. The second kappa shape index (κ2) is 9.25. The van der Waals surface area contributed by atoms with Crippen LogP contribution in [0.2, 0.25) is 5.28 Å². The van der Waals surface area contributed by atoms with Crippen LogP contribution in [-0.4, -0.2) is 71.3 Å². The topological polar surface area (TPSA) is 163 Å². The van der Waals surface area contributed by atoms with Crippen LogP contribution in [0.15, 0.2) is 36.7 Å². The van der Waals surface area contributed by atoms with Crippen LogP contribution in [0.4, 0.5) is 5.82 Å². The maximum Gasteiger partial charge on any atom is 0.226 e. The van der Waals surface area contributed by atoms with E-state index in [0.29, 0.717) is 0 Å². The second-order valence-corrected chi connectivity index (χ2v) is 9.14. The van der Waals surface area contributed by atoms with Gasteiger partial charge in [-0.2, -0.15) is 9.97 Å². The number of Topliss-reactive ketones (excluding diaryl/α,β-unsaturated/α-hetero) is 2. The van der Waals surface area contributed by atoms with Gasteiger partial charge in [0.2, 0.25) is 5.28 Å². The number of nitrogen functional groups attached to an aromatic ring is 1. The highest BCUT2D eigenvalue weighted by Crippen LogP contribution is 2.39. The minimum atomic E-state index is -1.81. The van der Waals surface area contributed by atoms with Crippen molar-refractivity contribution in [2.24, 2.45) is 0 Å². The smallest absolute Gasteiger partial charge is 0.226 e. The largest absolute Gasteiger partial charge is 0.385 e. The summed E-state index contributed by atoms with van der Waals surface area (Å²) in [5.41, 5.74) is 3.45. The van der Waals surface area contributed by atoms with Crippen molar-refractivity contribution in [1.29, 1.82) is 0 Å². The first-order chi connectivity index (χ1) is 16.5. The fourth-order valence-electron chi connectivity index (χ4n) is 4.23. The summed E-state index contributed by atoms with van der Waals surface area (Å²) < 4.78 is 13.3. The molecule has 1 saturated heterocycles. The third-order valence-corrected chi connectivity index (χ3v) is 6.60. The Kier molecular flexibility index (Phi) is 6.64. The van der Waals surface area contributed by atoms with E-state index in [4.69, 9.17) is 26.8 Å². The number of nitrogens with zero attached hydrogens (tertiary/aromatic N) is 4. The number of carbonyl (C=O) groups is 2. The molecule has 11 nitrogen and oxygen atoms in total. The van der Waals surface area contributed by atoms with E-state index in [1.165, 1.54) is 31.7 Å². The van der Waals surface area contributed by atoms with Gasteiger partial charge >= 0.3 is 0 Å². The zero-order chi connectivity index (χ0) is 25.5. The van der Waals surface area contributed by atoms with Crippen molar-refractivity contribution in [3.05, 3.63) is 47.5 Å². The SMILES string of the molecule is CC(=O)C(Cc1ccccc1)(OC[C@H]1O[C@@H](n2cnc3c(N)nc(Cl)nc32)[C@H](O)[C@]1(C)O)C(C)=O. The maximum absolute atomic E-state index is 12.7. The number of nitrogens with two attached hydrogens (primary N) is 1. The number of rotatable bonds is 8. The lowest BCUT2D eigenvalue weighted by Crippen LogP contribution is -2.53. The summed E-state index contributed by atoms with van der Waals surface area (Å²) in [6, 6.07) is 8.99. The van der Waals surface area contributed by atoms with Crippen LogP contribution in [0.25, 0.3) is 11.2 Å². The minimum Gasteiger partial charge on any atom is -0.385 e. The molecule has 1 aromatic carbocycles. The van der Waals surface area contributed by atoms with Gasteiger partial charge in [0.25, 0.3) is 0 Å². The highest BCUT2D eigenvalue weighted by atomic mass is 35.5. The molecule has 3 heterocycles. The van der Waals surface area contributed by atoms with Crippen molar-refractivity contribution in [3.8, 4) is 0 Å². The number of fused-ring (bicyclic) bond motifs is 1. The number of aromatic nitrogens is 4. The van der Waals surface area contributed by atoms with Gasteiger partial charge in [0.1, 0.15) is 23.3 Å². The molecule has 1 aliphatic rings. The molecule has 4 atom stereocenters. The predicted molar refractivity (Wildman–Crippen MR) is 125 cm³/mol. The van der Waals surface area contributed by atoms with Gasteiger partial charge < -0.3 is 25.4 Å². The van der Waals surface area contributed by atoms with E-state index in [1.54, 1.807) is 24.3 Å². The van der Waals surface area contributed by atoms with Gasteiger partial charge in [-0.3, -0.25) is 14.2 Å². The van der Waals surface area contributed by atoms with Crippen molar-refractivity contribution < 1.29 is 29.3 Å². The first-order valence-electron chi connectivity index (χ1n) is 10.9. The lowest BCUT2D eigenvalue weighted by molar-refractivity contribution is -0.167. The van der Waals surface area contributed by atoms with Gasteiger partial charge in [-0.05, 0) is 37.9 Å². The van der Waals surface area contributed by atoms with Gasteiger partial charge in [0, 0.05) is 6.42 Å². The summed E-state index contributed by atoms with van der Waals surface area (Å²) in [5, 5.41) is 21.9. The van der Waals surface area contributed by atoms with Crippen LogP contribution in [0.3, 0.4) is 0 Å². The molecule has 35 heavy (non-hydrogen) atoms. The Labute approximate surface area is 205 Å². The highest BCUT2D eigenvalue weighted by molar-refractivity contribution is 6.28. The van der Waals surface area contributed by atoms with Crippen molar-refractivity contribution >= 4 is 40.1 Å². The molecular weight excluding hydrogens is 478 g/mol. The van der Waals surface area contributed by atoms with Crippen LogP contribution in [0.1, 0.15) is 32.6 Å². The molecule has 2 aromatic heterocycles. The molecule has 12 heteroatoms. The van der Waals surface area contributed by atoms with E-state index in [9.17, 15) is 19.8 Å². The molecule has 0 saturated carbocycles. The average molecular weight is 504 g/mol. The first kappa shape index (κ1) is 25.1. The van der Waals surface area contributed by atoms with Gasteiger partial charge in [-0.15, -0.1) is 0 Å². The second-order valence-electron chi connectivity index (χ2n) is 8.80. The molecule has 4 N–H and O–H groups in total. The summed E-state index contributed by atoms with van der Waals surface area (Å²) in [7, 11) is 0. The summed E-state index contributed by atoms with van der Waals surface area (Å²) in [5.74, 6) is -0.913.